The van der Waals surface area contributed by atoms with Gasteiger partial charge in [-0.05, 0) is 74.0 Å². The van der Waals surface area contributed by atoms with Crippen molar-refractivity contribution in [1.82, 2.24) is 5.32 Å². The zero-order chi connectivity index (χ0) is 15.1. The van der Waals surface area contributed by atoms with E-state index in [0.717, 1.165) is 40.6 Å². The molecule has 2 nitrogen and oxygen atoms in total. The predicted molar refractivity (Wildman–Crippen MR) is 97.4 cm³/mol. The van der Waals surface area contributed by atoms with E-state index < -0.39 is 0 Å². The fraction of sp³-hybridized carbons (Fsp3) is 0.375. The van der Waals surface area contributed by atoms with Crippen molar-refractivity contribution in [2.24, 2.45) is 0 Å². The minimum atomic E-state index is 0.686. The lowest BCUT2D eigenvalue weighted by molar-refractivity contribution is 0.319. The number of benzene rings is 1. The van der Waals surface area contributed by atoms with Crippen LogP contribution >= 0.6 is 43.2 Å². The van der Waals surface area contributed by atoms with Gasteiger partial charge in [0.25, 0.3) is 0 Å². The first-order chi connectivity index (χ1) is 10.2. The molecule has 0 unspecified atom stereocenters. The molecule has 0 saturated heterocycles. The third-order valence-corrected chi connectivity index (χ3v) is 5.10. The van der Waals surface area contributed by atoms with Crippen molar-refractivity contribution >= 4 is 43.2 Å². The molecule has 0 aliphatic carbocycles. The fourth-order valence-corrected chi connectivity index (χ4v) is 4.17. The third kappa shape index (κ3) is 5.40. The zero-order valence-corrected chi connectivity index (χ0v) is 16.0. The van der Waals surface area contributed by atoms with Gasteiger partial charge in [0.1, 0.15) is 5.75 Å². The van der Waals surface area contributed by atoms with Crippen LogP contribution in [0.1, 0.15) is 23.8 Å². The van der Waals surface area contributed by atoms with Crippen LogP contribution in [0.2, 0.25) is 0 Å². The van der Waals surface area contributed by atoms with Crippen molar-refractivity contribution in [3.05, 3.63) is 49.0 Å². The van der Waals surface area contributed by atoms with Crippen LogP contribution in [0.3, 0.4) is 0 Å². The largest absolute Gasteiger partial charge is 0.491 e. The van der Waals surface area contributed by atoms with E-state index in [9.17, 15) is 0 Å². The summed E-state index contributed by atoms with van der Waals surface area (Å²) < 4.78 is 7.91. The summed E-state index contributed by atoms with van der Waals surface area (Å²) >= 11 is 8.98. The van der Waals surface area contributed by atoms with Crippen LogP contribution in [-0.4, -0.2) is 13.2 Å². The summed E-state index contributed by atoms with van der Waals surface area (Å²) in [6.45, 7) is 4.77. The number of halogens is 2. The average molecular weight is 433 g/mol. The summed E-state index contributed by atoms with van der Waals surface area (Å²) in [7, 11) is 0. The van der Waals surface area contributed by atoms with Crippen molar-refractivity contribution in [2.75, 3.05) is 13.2 Å². The normalized spacial score (nSPS) is 10.8. The maximum atomic E-state index is 5.91. The van der Waals surface area contributed by atoms with Crippen molar-refractivity contribution in [3.63, 3.8) is 0 Å². The molecule has 5 heteroatoms. The van der Waals surface area contributed by atoms with E-state index in [2.05, 4.69) is 73.7 Å². The number of hydrogen-bond acceptors (Lipinski definition) is 3. The fourth-order valence-electron chi connectivity index (χ4n) is 1.97. The van der Waals surface area contributed by atoms with Gasteiger partial charge in [-0.15, -0.1) is 11.3 Å². The van der Waals surface area contributed by atoms with Crippen LogP contribution in [0.5, 0.6) is 5.75 Å². The van der Waals surface area contributed by atoms with E-state index in [-0.39, 0.29) is 0 Å². The minimum absolute atomic E-state index is 0.686. The molecule has 21 heavy (non-hydrogen) atoms. The third-order valence-electron chi connectivity index (χ3n) is 2.99. The molecule has 0 aliphatic rings. The SMILES string of the molecule is CCCNCc1cc(Br)c(OCCc2cccs2)c(Br)c1. The molecule has 0 saturated carbocycles. The molecular weight excluding hydrogens is 414 g/mol. The summed E-state index contributed by atoms with van der Waals surface area (Å²) in [5.74, 6) is 0.880. The second-order valence-corrected chi connectivity index (χ2v) is 7.48. The molecule has 1 N–H and O–H groups in total. The number of hydrogen-bond donors (Lipinski definition) is 1. The zero-order valence-electron chi connectivity index (χ0n) is 12.0. The monoisotopic (exact) mass is 431 g/mol. The molecule has 0 radical (unpaired) electrons. The highest BCUT2D eigenvalue weighted by molar-refractivity contribution is 9.11. The average Bonchev–Trinajstić information content (AvgIpc) is 2.95. The highest BCUT2D eigenvalue weighted by atomic mass is 79.9. The molecule has 2 rings (SSSR count). The molecule has 0 atom stereocenters. The highest BCUT2D eigenvalue weighted by Gasteiger charge is 2.09. The lowest BCUT2D eigenvalue weighted by atomic mass is 10.2. The second kappa shape index (κ2) is 8.93. The van der Waals surface area contributed by atoms with E-state index >= 15 is 0 Å². The molecule has 0 bridgehead atoms. The molecule has 2 aromatic rings. The van der Waals surface area contributed by atoms with Crippen LogP contribution in [-0.2, 0) is 13.0 Å². The summed E-state index contributed by atoms with van der Waals surface area (Å²) in [5, 5.41) is 5.50. The smallest absolute Gasteiger partial charge is 0.147 e. The number of rotatable bonds is 8. The van der Waals surface area contributed by atoms with Crippen molar-refractivity contribution < 1.29 is 4.74 Å². The first-order valence-corrected chi connectivity index (χ1v) is 9.51. The summed E-state index contributed by atoms with van der Waals surface area (Å²) in [4.78, 5) is 1.35. The Bertz CT molecular complexity index is 534. The van der Waals surface area contributed by atoms with E-state index in [1.54, 1.807) is 11.3 Å². The van der Waals surface area contributed by atoms with Gasteiger partial charge in [0.05, 0.1) is 15.6 Å². The predicted octanol–water partition coefficient (Wildman–Crippen LogP) is 5.39. The minimum Gasteiger partial charge on any atom is -0.491 e. The van der Waals surface area contributed by atoms with Gasteiger partial charge in [0.2, 0.25) is 0 Å². The molecule has 1 aromatic heterocycles. The second-order valence-electron chi connectivity index (χ2n) is 4.74. The first kappa shape index (κ1) is 17.0. The van der Waals surface area contributed by atoms with Gasteiger partial charge in [-0.25, -0.2) is 0 Å². The quantitative estimate of drug-likeness (QED) is 0.564. The Morgan fingerprint density at radius 3 is 2.62 bits per heavy atom. The molecule has 1 heterocycles. The van der Waals surface area contributed by atoms with E-state index in [0.29, 0.717) is 6.61 Å². The van der Waals surface area contributed by atoms with Crippen LogP contribution in [0, 0.1) is 0 Å². The van der Waals surface area contributed by atoms with E-state index in [1.807, 2.05) is 0 Å². The summed E-state index contributed by atoms with van der Waals surface area (Å²) in [6, 6.07) is 8.45. The Labute approximate surface area is 147 Å². The maximum absolute atomic E-state index is 5.91. The van der Waals surface area contributed by atoms with Crippen LogP contribution < -0.4 is 10.1 Å². The lowest BCUT2D eigenvalue weighted by Crippen LogP contribution is -2.13. The molecular formula is C16H19Br2NOS. The molecule has 0 amide bonds. The maximum Gasteiger partial charge on any atom is 0.147 e. The van der Waals surface area contributed by atoms with Gasteiger partial charge in [0, 0.05) is 17.8 Å². The topological polar surface area (TPSA) is 21.3 Å². The Balaban J connectivity index is 1.93. The number of ether oxygens (including phenoxy) is 1. The standard InChI is InChI=1S/C16H19Br2NOS/c1-2-6-19-11-12-9-14(17)16(15(18)10-12)20-7-5-13-4-3-8-21-13/h3-4,8-10,19H,2,5-7,11H2,1H3. The molecule has 114 valence electrons. The number of nitrogens with one attached hydrogen (secondary N) is 1. The summed E-state index contributed by atoms with van der Waals surface area (Å²) in [5.41, 5.74) is 1.24. The molecule has 0 fully saturated rings. The Morgan fingerprint density at radius 1 is 1.24 bits per heavy atom. The Morgan fingerprint density at radius 2 is 2.00 bits per heavy atom. The van der Waals surface area contributed by atoms with Crippen molar-refractivity contribution in [2.45, 2.75) is 26.3 Å². The van der Waals surface area contributed by atoms with Gasteiger partial charge in [-0.1, -0.05) is 13.0 Å². The summed E-state index contributed by atoms with van der Waals surface area (Å²) in [6.07, 6.45) is 2.09. The van der Waals surface area contributed by atoms with Crippen molar-refractivity contribution in [3.8, 4) is 5.75 Å². The van der Waals surface area contributed by atoms with E-state index in [1.165, 1.54) is 10.4 Å². The Hall–Kier alpha value is -0.360. The van der Waals surface area contributed by atoms with Gasteiger partial charge >= 0.3 is 0 Å². The van der Waals surface area contributed by atoms with Crippen molar-refractivity contribution in [1.29, 1.82) is 0 Å². The van der Waals surface area contributed by atoms with Crippen LogP contribution in [0.4, 0.5) is 0 Å². The van der Waals surface area contributed by atoms with Gasteiger partial charge in [0.15, 0.2) is 0 Å². The Kier molecular flexibility index (Phi) is 7.23. The number of thiophene rings is 1. The van der Waals surface area contributed by atoms with Crippen LogP contribution in [0.15, 0.2) is 38.6 Å². The van der Waals surface area contributed by atoms with E-state index in [4.69, 9.17) is 4.74 Å². The molecule has 1 aromatic carbocycles. The van der Waals surface area contributed by atoms with Gasteiger partial charge < -0.3 is 10.1 Å². The highest BCUT2D eigenvalue weighted by Crippen LogP contribution is 2.35. The van der Waals surface area contributed by atoms with Gasteiger partial charge in [-0.2, -0.15) is 0 Å². The molecule has 0 spiro atoms. The van der Waals surface area contributed by atoms with Crippen LogP contribution in [0.25, 0.3) is 0 Å². The van der Waals surface area contributed by atoms with Gasteiger partial charge in [-0.3, -0.25) is 0 Å². The molecule has 0 aliphatic heterocycles. The lowest BCUT2D eigenvalue weighted by Gasteiger charge is -2.12. The first-order valence-electron chi connectivity index (χ1n) is 7.04.